The van der Waals surface area contributed by atoms with Crippen LogP contribution in [0.15, 0.2) is 131 Å². The van der Waals surface area contributed by atoms with E-state index in [1.54, 1.807) is 7.11 Å². The second kappa shape index (κ2) is 11.9. The number of rotatable bonds is 4. The molecule has 4 atom stereocenters. The summed E-state index contributed by atoms with van der Waals surface area (Å²) in [6.07, 6.45) is 6.08. The first kappa shape index (κ1) is 31.1. The van der Waals surface area contributed by atoms with Gasteiger partial charge in [-0.15, -0.1) is 0 Å². The lowest BCUT2D eigenvalue weighted by molar-refractivity contribution is -0.139. The minimum Gasteiger partial charge on any atom is -0.497 e. The van der Waals surface area contributed by atoms with E-state index in [1.807, 2.05) is 84.7 Å². The Bertz CT molecular complexity index is 2110. The topological polar surface area (TPSA) is 74.2 Å². The van der Waals surface area contributed by atoms with E-state index < -0.39 is 10.3 Å². The maximum absolute atomic E-state index is 16.0. The normalized spacial score (nSPS) is 28.1. The number of fused-ring (bicyclic) bond motifs is 4. The third-order valence-corrected chi connectivity index (χ3v) is 12.8. The van der Waals surface area contributed by atoms with Crippen molar-refractivity contribution in [1.29, 1.82) is 0 Å². The number of hydrogen-bond acceptors (Lipinski definition) is 6. The van der Waals surface area contributed by atoms with E-state index in [4.69, 9.17) is 9.73 Å². The molecule has 2 fully saturated rings. The molecule has 7 nitrogen and oxygen atoms in total. The van der Waals surface area contributed by atoms with Gasteiger partial charge in [0.25, 0.3) is 5.91 Å². The molecule has 0 bridgehead atoms. The van der Waals surface area contributed by atoms with Gasteiger partial charge >= 0.3 is 0 Å². The number of anilines is 1. The van der Waals surface area contributed by atoms with Gasteiger partial charge in [0.15, 0.2) is 10.7 Å². The molecule has 5 aliphatic rings. The Labute approximate surface area is 296 Å². The monoisotopic (exact) mass is 678 g/mol. The molecule has 50 heavy (non-hydrogen) atoms. The summed E-state index contributed by atoms with van der Waals surface area (Å²) >= 11 is 1.49. The molecule has 2 spiro atoms. The van der Waals surface area contributed by atoms with Crippen molar-refractivity contribution in [3.8, 4) is 5.75 Å². The van der Waals surface area contributed by atoms with Gasteiger partial charge in [-0.05, 0) is 84.8 Å². The molecule has 0 saturated carbocycles. The van der Waals surface area contributed by atoms with E-state index >= 15 is 4.79 Å². The minimum atomic E-state index is -1.27. The molecule has 9 rings (SSSR count). The third kappa shape index (κ3) is 4.31. The van der Waals surface area contributed by atoms with E-state index in [1.165, 1.54) is 22.9 Å². The van der Waals surface area contributed by atoms with Crippen LogP contribution in [-0.2, 0) is 15.1 Å². The number of hydrogen-bond donors (Lipinski definition) is 1. The number of ether oxygens (including phenoxy) is 1. The highest BCUT2D eigenvalue weighted by Crippen LogP contribution is 2.67. The van der Waals surface area contributed by atoms with Crippen LogP contribution in [0.1, 0.15) is 59.9 Å². The molecular weight excluding hydrogens is 641 g/mol. The molecule has 1 N–H and O–H groups in total. The molecular formula is C42H38N4O3S. The maximum atomic E-state index is 16.0. The van der Waals surface area contributed by atoms with Crippen LogP contribution < -0.4 is 10.1 Å². The number of amides is 2. The van der Waals surface area contributed by atoms with Gasteiger partial charge in [0, 0.05) is 23.7 Å². The molecule has 2 saturated heterocycles. The predicted molar refractivity (Wildman–Crippen MR) is 199 cm³/mol. The summed E-state index contributed by atoms with van der Waals surface area (Å²) in [7, 11) is 3.64. The van der Waals surface area contributed by atoms with Gasteiger partial charge in [0.2, 0.25) is 5.91 Å². The Balaban J connectivity index is 1.30. The predicted octanol–water partition coefficient (Wildman–Crippen LogP) is 7.91. The third-order valence-electron chi connectivity index (χ3n) is 11.3. The van der Waals surface area contributed by atoms with Crippen LogP contribution in [0.2, 0.25) is 0 Å². The molecule has 8 heteroatoms. The number of amidine groups is 1. The zero-order valence-corrected chi connectivity index (χ0v) is 29.0. The molecule has 4 aromatic carbocycles. The number of carbonyl (C=O) groups is 2. The number of aliphatic imine (C=N–C) groups is 1. The standard InChI is InChI=1S/C42H38N4O3S/c1-45-26-34(28-21-23-31(49-2)24-22-28)42(41(45)33-19-11-12-20-35(33)43-38(41)47)39(48)46-37(29-15-7-4-8-16-29)32-18-10-9-17-30(36(32)44-40(46)50-42)25-27-13-5-3-6-14-27/h3-8,11-16,19-25,34,37H,9-10,17-18,26H2,1-2H3,(H,43,47)/b30-25+. The highest BCUT2D eigenvalue weighted by molar-refractivity contribution is 8.16. The van der Waals surface area contributed by atoms with E-state index in [0.717, 1.165) is 65.1 Å². The fourth-order valence-corrected chi connectivity index (χ4v) is 10.9. The van der Waals surface area contributed by atoms with Crippen LogP contribution in [0, 0.1) is 0 Å². The van der Waals surface area contributed by atoms with Crippen molar-refractivity contribution in [2.45, 2.75) is 47.9 Å². The van der Waals surface area contributed by atoms with Gasteiger partial charge in [0.05, 0.1) is 18.8 Å². The van der Waals surface area contributed by atoms with Crippen molar-refractivity contribution in [1.82, 2.24) is 9.80 Å². The van der Waals surface area contributed by atoms with E-state index in [-0.39, 0.29) is 23.8 Å². The smallest absolute Gasteiger partial charge is 0.251 e. The summed E-state index contributed by atoms with van der Waals surface area (Å²) in [4.78, 5) is 40.3. The summed E-state index contributed by atoms with van der Waals surface area (Å²) in [5.41, 5.74) is 6.85. The zero-order valence-electron chi connectivity index (χ0n) is 28.1. The van der Waals surface area contributed by atoms with Crippen LogP contribution in [0.4, 0.5) is 5.69 Å². The second-order valence-corrected chi connectivity index (χ2v) is 15.0. The number of likely N-dealkylation sites (tertiary alicyclic amines) is 1. The van der Waals surface area contributed by atoms with Crippen molar-refractivity contribution in [3.05, 3.63) is 148 Å². The number of likely N-dealkylation sites (N-methyl/N-ethyl adjacent to an activating group) is 1. The Morgan fingerprint density at radius 1 is 0.860 bits per heavy atom. The van der Waals surface area contributed by atoms with Crippen LogP contribution in [-0.4, -0.2) is 52.2 Å². The second-order valence-electron chi connectivity index (χ2n) is 13.8. The average molecular weight is 679 g/mol. The summed E-state index contributed by atoms with van der Waals surface area (Å²) in [6.45, 7) is 0.510. The minimum absolute atomic E-state index is 0.0727. The Kier molecular flexibility index (Phi) is 7.37. The average Bonchev–Trinajstić information content (AvgIpc) is 3.65. The molecule has 4 heterocycles. The SMILES string of the molecule is COc1ccc(C2CN(C)C3(C(=O)Nc4ccccc43)C23SC2=NC4=C(CCCC/C4=C\c4ccccc4)C(c4ccccc4)N2C3=O)cc1. The Morgan fingerprint density at radius 2 is 1.56 bits per heavy atom. The molecule has 2 amide bonds. The van der Waals surface area contributed by atoms with Crippen molar-refractivity contribution in [2.75, 3.05) is 26.0 Å². The van der Waals surface area contributed by atoms with Gasteiger partial charge in [0.1, 0.15) is 10.5 Å². The van der Waals surface area contributed by atoms with Gasteiger partial charge in [-0.1, -0.05) is 103 Å². The maximum Gasteiger partial charge on any atom is 0.251 e. The lowest BCUT2D eigenvalue weighted by Crippen LogP contribution is -2.62. The van der Waals surface area contributed by atoms with Crippen LogP contribution in [0.5, 0.6) is 5.75 Å². The molecule has 4 aliphatic heterocycles. The lowest BCUT2D eigenvalue weighted by atomic mass is 9.71. The Morgan fingerprint density at radius 3 is 2.32 bits per heavy atom. The molecule has 4 aromatic rings. The first-order valence-corrected chi connectivity index (χ1v) is 18.2. The number of benzene rings is 4. The van der Waals surface area contributed by atoms with Crippen LogP contribution in [0.3, 0.4) is 0 Å². The molecule has 250 valence electrons. The summed E-state index contributed by atoms with van der Waals surface area (Å²) in [5.74, 6) is 0.178. The van der Waals surface area contributed by atoms with E-state index in [0.29, 0.717) is 11.7 Å². The van der Waals surface area contributed by atoms with Gasteiger partial charge < -0.3 is 10.1 Å². The number of methoxy groups -OCH3 is 1. The van der Waals surface area contributed by atoms with Gasteiger partial charge in [-0.3, -0.25) is 19.4 Å². The summed E-state index contributed by atoms with van der Waals surface area (Å²) < 4.78 is 4.28. The largest absolute Gasteiger partial charge is 0.497 e. The zero-order chi connectivity index (χ0) is 34.0. The number of thioether (sulfide) groups is 1. The van der Waals surface area contributed by atoms with Crippen LogP contribution >= 0.6 is 11.8 Å². The van der Waals surface area contributed by atoms with Crippen molar-refractivity contribution in [2.24, 2.45) is 4.99 Å². The van der Waals surface area contributed by atoms with Gasteiger partial charge in [-0.25, -0.2) is 4.99 Å². The Hall–Kier alpha value is -4.92. The fraction of sp³-hybridized carbons (Fsp3) is 0.262. The van der Waals surface area contributed by atoms with Crippen molar-refractivity contribution < 1.29 is 14.3 Å². The molecule has 0 radical (unpaired) electrons. The van der Waals surface area contributed by atoms with Crippen molar-refractivity contribution >= 4 is 40.5 Å². The summed E-state index contributed by atoms with van der Waals surface area (Å²) in [6, 6.07) is 36.3. The number of carbonyl (C=O) groups excluding carboxylic acids is 2. The highest BCUT2D eigenvalue weighted by atomic mass is 32.2. The molecule has 4 unspecified atom stereocenters. The fourth-order valence-electron chi connectivity index (χ4n) is 9.11. The van der Waals surface area contributed by atoms with E-state index in [9.17, 15) is 4.79 Å². The van der Waals surface area contributed by atoms with E-state index in [2.05, 4.69) is 52.7 Å². The molecule has 1 aliphatic carbocycles. The number of allylic oxidation sites excluding steroid dienone is 1. The van der Waals surface area contributed by atoms with Crippen molar-refractivity contribution in [3.63, 3.8) is 0 Å². The molecule has 0 aromatic heterocycles. The number of nitrogens with zero attached hydrogens (tertiary/aromatic N) is 3. The first-order valence-electron chi connectivity index (χ1n) is 17.4. The first-order chi connectivity index (χ1) is 24.5. The lowest BCUT2D eigenvalue weighted by Gasteiger charge is -2.42. The number of nitrogens with one attached hydrogen (secondary N) is 1. The quantitative estimate of drug-likeness (QED) is 0.238. The highest BCUT2D eigenvalue weighted by Gasteiger charge is 2.78. The summed E-state index contributed by atoms with van der Waals surface area (Å²) in [5, 5.41) is 3.86. The number of para-hydroxylation sites is 1. The van der Waals surface area contributed by atoms with Crippen LogP contribution in [0.25, 0.3) is 6.08 Å². The van der Waals surface area contributed by atoms with Gasteiger partial charge in [-0.2, -0.15) is 0 Å².